The van der Waals surface area contributed by atoms with Gasteiger partial charge in [-0.2, -0.15) is 5.10 Å². The highest BCUT2D eigenvalue weighted by Gasteiger charge is 2.10. The quantitative estimate of drug-likeness (QED) is 0.567. The molecular formula is C14H11Br2N3O3. The highest BCUT2D eigenvalue weighted by Crippen LogP contribution is 2.15. The Morgan fingerprint density at radius 2 is 1.95 bits per heavy atom. The molecule has 2 rings (SSSR count). The molecule has 22 heavy (non-hydrogen) atoms. The molecule has 0 saturated carbocycles. The number of hydrazone groups is 1. The van der Waals surface area contributed by atoms with E-state index in [0.29, 0.717) is 20.5 Å². The Morgan fingerprint density at radius 3 is 2.64 bits per heavy atom. The molecule has 114 valence electrons. The molecule has 1 heterocycles. The number of hydrogen-bond acceptors (Lipinski definition) is 4. The first kappa shape index (κ1) is 16.4. The molecule has 2 N–H and O–H groups in total. The predicted molar refractivity (Wildman–Crippen MR) is 88.6 cm³/mol. The Kier molecular flexibility index (Phi) is 5.91. The smallest absolute Gasteiger partial charge is 0.259 e. The Hall–Kier alpha value is -1.93. The maximum Gasteiger partial charge on any atom is 0.259 e. The highest BCUT2D eigenvalue weighted by atomic mass is 79.9. The third-order valence-electron chi connectivity index (χ3n) is 2.50. The molecule has 0 aliphatic rings. The lowest BCUT2D eigenvalue weighted by Gasteiger charge is -2.05. The van der Waals surface area contributed by atoms with E-state index in [0.717, 1.165) is 0 Å². The number of furan rings is 1. The van der Waals surface area contributed by atoms with Gasteiger partial charge in [-0.15, -0.1) is 0 Å². The number of rotatable bonds is 5. The summed E-state index contributed by atoms with van der Waals surface area (Å²) in [7, 11) is 0. The molecule has 2 amide bonds. The average molecular weight is 429 g/mol. The van der Waals surface area contributed by atoms with Gasteiger partial charge >= 0.3 is 0 Å². The number of carbonyl (C=O) groups excluding carboxylic acids is 2. The number of hydrogen-bond donors (Lipinski definition) is 2. The topological polar surface area (TPSA) is 83.7 Å². The molecule has 1 aromatic heterocycles. The van der Waals surface area contributed by atoms with Crippen LogP contribution in [0.4, 0.5) is 0 Å². The summed E-state index contributed by atoms with van der Waals surface area (Å²) in [6.45, 7) is -0.181. The van der Waals surface area contributed by atoms with E-state index in [4.69, 9.17) is 4.42 Å². The fourth-order valence-electron chi connectivity index (χ4n) is 1.51. The molecule has 1 aromatic carbocycles. The van der Waals surface area contributed by atoms with Crippen LogP contribution in [0.3, 0.4) is 0 Å². The van der Waals surface area contributed by atoms with Crippen LogP contribution in [0.1, 0.15) is 16.1 Å². The summed E-state index contributed by atoms with van der Waals surface area (Å²) in [5, 5.41) is 6.23. The minimum Gasteiger partial charge on any atom is -0.448 e. The second-order valence-electron chi connectivity index (χ2n) is 4.10. The lowest BCUT2D eigenvalue weighted by Crippen LogP contribution is -2.35. The zero-order valence-corrected chi connectivity index (χ0v) is 14.3. The molecule has 0 radical (unpaired) electrons. The standard InChI is InChI=1S/C14H11Br2N3O3/c15-11-4-2-1-3-10(11)14(21)17-8-13(20)19-18-7-9-5-6-12(16)22-9/h1-7H,8H2,(H,17,21)(H,19,20). The van der Waals surface area contributed by atoms with E-state index in [2.05, 4.69) is 47.7 Å². The number of nitrogens with one attached hydrogen (secondary N) is 2. The van der Waals surface area contributed by atoms with Gasteiger partial charge in [-0.25, -0.2) is 5.43 Å². The maximum atomic E-state index is 11.9. The van der Waals surface area contributed by atoms with E-state index in [1.54, 1.807) is 36.4 Å². The van der Waals surface area contributed by atoms with Crippen LogP contribution in [-0.2, 0) is 4.79 Å². The largest absolute Gasteiger partial charge is 0.448 e. The first-order valence-corrected chi connectivity index (χ1v) is 7.75. The van der Waals surface area contributed by atoms with Crippen molar-refractivity contribution in [2.45, 2.75) is 0 Å². The minimum absolute atomic E-state index is 0.181. The Bertz CT molecular complexity index is 713. The molecule has 2 aromatic rings. The third-order valence-corrected chi connectivity index (χ3v) is 3.62. The van der Waals surface area contributed by atoms with Crippen molar-refractivity contribution in [3.63, 3.8) is 0 Å². The molecular weight excluding hydrogens is 418 g/mol. The summed E-state index contributed by atoms with van der Waals surface area (Å²) >= 11 is 6.43. The van der Waals surface area contributed by atoms with E-state index < -0.39 is 5.91 Å². The highest BCUT2D eigenvalue weighted by molar-refractivity contribution is 9.10. The van der Waals surface area contributed by atoms with E-state index in [-0.39, 0.29) is 12.5 Å². The van der Waals surface area contributed by atoms with Gasteiger partial charge < -0.3 is 9.73 Å². The summed E-state index contributed by atoms with van der Waals surface area (Å²) in [5.41, 5.74) is 2.75. The summed E-state index contributed by atoms with van der Waals surface area (Å²) in [4.78, 5) is 23.5. The SMILES string of the molecule is O=C(CNC(=O)c1ccccc1Br)NN=Cc1ccc(Br)o1. The molecule has 0 bridgehead atoms. The third kappa shape index (κ3) is 4.81. The van der Waals surface area contributed by atoms with E-state index in [1.807, 2.05) is 0 Å². The van der Waals surface area contributed by atoms with Crippen LogP contribution in [0.5, 0.6) is 0 Å². The fourth-order valence-corrected chi connectivity index (χ4v) is 2.29. The van der Waals surface area contributed by atoms with Gasteiger partial charge in [0, 0.05) is 4.47 Å². The van der Waals surface area contributed by atoms with Gasteiger partial charge in [0.2, 0.25) is 0 Å². The summed E-state index contributed by atoms with van der Waals surface area (Å²) in [6.07, 6.45) is 1.36. The van der Waals surface area contributed by atoms with Crippen LogP contribution in [-0.4, -0.2) is 24.6 Å². The summed E-state index contributed by atoms with van der Waals surface area (Å²) < 4.78 is 6.41. The number of carbonyl (C=O) groups is 2. The fraction of sp³-hybridized carbons (Fsp3) is 0.0714. The van der Waals surface area contributed by atoms with Crippen LogP contribution >= 0.6 is 31.9 Å². The number of amides is 2. The van der Waals surface area contributed by atoms with Gasteiger partial charge in [0.05, 0.1) is 18.3 Å². The zero-order valence-electron chi connectivity index (χ0n) is 11.2. The molecule has 8 heteroatoms. The van der Waals surface area contributed by atoms with Gasteiger partial charge in [0.25, 0.3) is 11.8 Å². The van der Waals surface area contributed by atoms with Crippen molar-refractivity contribution in [2.24, 2.45) is 5.10 Å². The zero-order chi connectivity index (χ0) is 15.9. The summed E-state index contributed by atoms with van der Waals surface area (Å²) in [6, 6.07) is 10.3. The van der Waals surface area contributed by atoms with Crippen molar-refractivity contribution in [3.8, 4) is 0 Å². The Balaban J connectivity index is 1.79. The first-order chi connectivity index (χ1) is 10.6. The number of benzene rings is 1. The summed E-state index contributed by atoms with van der Waals surface area (Å²) in [5.74, 6) is -0.298. The monoisotopic (exact) mass is 427 g/mol. The molecule has 0 spiro atoms. The predicted octanol–water partition coefficient (Wildman–Crippen LogP) is 2.68. The van der Waals surface area contributed by atoms with Gasteiger partial charge in [-0.05, 0) is 56.1 Å². The molecule has 6 nitrogen and oxygen atoms in total. The Morgan fingerprint density at radius 1 is 1.18 bits per heavy atom. The van der Waals surface area contributed by atoms with E-state index in [1.165, 1.54) is 6.21 Å². The van der Waals surface area contributed by atoms with E-state index >= 15 is 0 Å². The van der Waals surface area contributed by atoms with Crippen LogP contribution < -0.4 is 10.7 Å². The van der Waals surface area contributed by atoms with Crippen molar-refractivity contribution in [2.75, 3.05) is 6.54 Å². The lowest BCUT2D eigenvalue weighted by molar-refractivity contribution is -0.120. The minimum atomic E-state index is -0.442. The second-order valence-corrected chi connectivity index (χ2v) is 5.73. The van der Waals surface area contributed by atoms with Crippen molar-refractivity contribution in [3.05, 3.63) is 56.9 Å². The van der Waals surface area contributed by atoms with Crippen molar-refractivity contribution < 1.29 is 14.0 Å². The normalized spacial score (nSPS) is 10.6. The molecule has 0 atom stereocenters. The lowest BCUT2D eigenvalue weighted by atomic mass is 10.2. The average Bonchev–Trinajstić information content (AvgIpc) is 2.91. The van der Waals surface area contributed by atoms with Crippen molar-refractivity contribution in [1.82, 2.24) is 10.7 Å². The van der Waals surface area contributed by atoms with Gasteiger partial charge in [-0.1, -0.05) is 12.1 Å². The van der Waals surface area contributed by atoms with Gasteiger partial charge in [-0.3, -0.25) is 9.59 Å². The maximum absolute atomic E-state index is 11.9. The van der Waals surface area contributed by atoms with Crippen LogP contribution in [0.25, 0.3) is 0 Å². The van der Waals surface area contributed by atoms with Crippen LogP contribution in [0, 0.1) is 0 Å². The number of nitrogens with zero attached hydrogens (tertiary/aromatic N) is 1. The molecule has 0 fully saturated rings. The Labute approximate surface area is 143 Å². The van der Waals surface area contributed by atoms with E-state index in [9.17, 15) is 9.59 Å². The molecule has 0 saturated heterocycles. The molecule has 0 aliphatic carbocycles. The van der Waals surface area contributed by atoms with Gasteiger partial charge in [0.1, 0.15) is 5.76 Å². The van der Waals surface area contributed by atoms with Crippen LogP contribution in [0.2, 0.25) is 0 Å². The van der Waals surface area contributed by atoms with Crippen LogP contribution in [0.15, 0.2) is 55.1 Å². The van der Waals surface area contributed by atoms with Gasteiger partial charge in [0.15, 0.2) is 4.67 Å². The second kappa shape index (κ2) is 7.90. The molecule has 0 aliphatic heterocycles. The van der Waals surface area contributed by atoms with Crippen molar-refractivity contribution in [1.29, 1.82) is 0 Å². The first-order valence-electron chi connectivity index (χ1n) is 6.16. The van der Waals surface area contributed by atoms with Crippen molar-refractivity contribution >= 4 is 49.9 Å². The molecule has 0 unspecified atom stereocenters. The number of halogens is 2.